The number of hydrogen-bond acceptors (Lipinski definition) is 6. The normalized spacial score (nSPS) is 14.8. The van der Waals surface area contributed by atoms with Crippen molar-refractivity contribution in [2.24, 2.45) is 0 Å². The van der Waals surface area contributed by atoms with E-state index in [-0.39, 0.29) is 29.7 Å². The van der Waals surface area contributed by atoms with Crippen LogP contribution in [-0.2, 0) is 17.9 Å². The molecule has 3 rings (SSSR count). The van der Waals surface area contributed by atoms with Crippen LogP contribution in [-0.4, -0.2) is 63.7 Å². The van der Waals surface area contributed by atoms with Crippen LogP contribution in [0.1, 0.15) is 29.5 Å². The summed E-state index contributed by atoms with van der Waals surface area (Å²) in [6.45, 7) is 3.40. The number of nitrogens with zero attached hydrogens (tertiary/aromatic N) is 4. The lowest BCUT2D eigenvalue weighted by Gasteiger charge is -2.19. The molecule has 0 amide bonds. The first-order valence-electron chi connectivity index (χ1n) is 8.93. The molecule has 1 atom stereocenters. The lowest BCUT2D eigenvalue weighted by molar-refractivity contribution is 0.0688. The van der Waals surface area contributed by atoms with Crippen LogP contribution in [0, 0.1) is 5.82 Å². The van der Waals surface area contributed by atoms with Crippen molar-refractivity contribution in [2.75, 3.05) is 27.2 Å². The fraction of sp³-hybridized carbons (Fsp3) is 0.500. The van der Waals surface area contributed by atoms with Gasteiger partial charge in [0.15, 0.2) is 5.82 Å². The highest BCUT2D eigenvalue weighted by Gasteiger charge is 2.23. The number of halogens is 1. The molecule has 0 bridgehead atoms. The summed E-state index contributed by atoms with van der Waals surface area (Å²) in [7, 11) is 3.84. The van der Waals surface area contributed by atoms with Gasteiger partial charge in [-0.2, -0.15) is 4.68 Å². The van der Waals surface area contributed by atoms with Crippen LogP contribution >= 0.6 is 0 Å². The van der Waals surface area contributed by atoms with Gasteiger partial charge in [-0.15, -0.1) is 5.10 Å². The number of ether oxygens (including phenoxy) is 2. The van der Waals surface area contributed by atoms with Crippen LogP contribution in [0.2, 0.25) is 0 Å². The van der Waals surface area contributed by atoms with Gasteiger partial charge in [-0.25, -0.2) is 14.0 Å². The fourth-order valence-electron chi connectivity index (χ4n) is 2.93. The van der Waals surface area contributed by atoms with Crippen molar-refractivity contribution in [2.45, 2.75) is 32.6 Å². The number of rotatable bonds is 7. The minimum atomic E-state index is -1.31. The van der Waals surface area contributed by atoms with E-state index < -0.39 is 17.5 Å². The van der Waals surface area contributed by atoms with Crippen molar-refractivity contribution >= 4 is 5.97 Å². The molecule has 28 heavy (non-hydrogen) atoms. The van der Waals surface area contributed by atoms with Crippen LogP contribution in [0.4, 0.5) is 4.39 Å². The molecule has 1 aromatic heterocycles. The third kappa shape index (κ3) is 4.07. The Morgan fingerprint density at radius 1 is 1.46 bits per heavy atom. The van der Waals surface area contributed by atoms with Gasteiger partial charge < -0.3 is 19.5 Å². The van der Waals surface area contributed by atoms with E-state index in [9.17, 15) is 19.1 Å². The molecule has 0 radical (unpaired) electrons. The van der Waals surface area contributed by atoms with Crippen molar-refractivity contribution in [1.82, 2.24) is 19.2 Å². The van der Waals surface area contributed by atoms with Crippen LogP contribution in [0.3, 0.4) is 0 Å². The summed E-state index contributed by atoms with van der Waals surface area (Å²) in [5.41, 5.74) is -0.975. The van der Waals surface area contributed by atoms with Crippen molar-refractivity contribution in [3.63, 3.8) is 0 Å². The maximum absolute atomic E-state index is 14.6. The molecule has 1 aliphatic rings. The largest absolute Gasteiger partial charge is 0.490 e. The average Bonchev–Trinajstić information content (AvgIpc) is 2.98. The minimum absolute atomic E-state index is 0.00993. The predicted molar refractivity (Wildman–Crippen MR) is 97.7 cm³/mol. The van der Waals surface area contributed by atoms with Crippen LogP contribution < -0.4 is 10.4 Å². The summed E-state index contributed by atoms with van der Waals surface area (Å²) in [5.74, 6) is -1.81. The second-order valence-corrected chi connectivity index (χ2v) is 6.94. The van der Waals surface area contributed by atoms with Crippen molar-refractivity contribution < 1.29 is 23.8 Å². The molecule has 2 heterocycles. The Morgan fingerprint density at radius 2 is 2.21 bits per heavy atom. The molecule has 0 saturated carbocycles. The van der Waals surface area contributed by atoms with E-state index in [1.165, 1.54) is 10.6 Å². The predicted octanol–water partition coefficient (Wildman–Crippen LogP) is 1.12. The number of aromatic nitrogens is 3. The van der Waals surface area contributed by atoms with Gasteiger partial charge in [0, 0.05) is 12.6 Å². The van der Waals surface area contributed by atoms with E-state index >= 15 is 0 Å². The summed E-state index contributed by atoms with van der Waals surface area (Å²) < 4.78 is 28.0. The number of carbonyl (C=O) groups is 1. The summed E-state index contributed by atoms with van der Waals surface area (Å²) in [5, 5.41) is 13.5. The minimum Gasteiger partial charge on any atom is -0.490 e. The number of carboxylic acid groups (broad SMARTS) is 1. The SMILES string of the molecule is CC(CCN(C)C)Oc1cc(-n2nc3n(c2=O)CCOC3)c(F)cc1C(=O)O. The van der Waals surface area contributed by atoms with Crippen LogP contribution in [0.5, 0.6) is 5.75 Å². The van der Waals surface area contributed by atoms with Gasteiger partial charge in [-0.3, -0.25) is 4.57 Å². The Hall–Kier alpha value is -2.72. The number of benzene rings is 1. The zero-order chi connectivity index (χ0) is 20.4. The molecule has 9 nitrogen and oxygen atoms in total. The van der Waals surface area contributed by atoms with Gasteiger partial charge in [0.2, 0.25) is 0 Å². The number of carboxylic acids is 1. The Labute approximate surface area is 160 Å². The molecule has 0 aliphatic carbocycles. The third-order valence-electron chi connectivity index (χ3n) is 4.45. The molecule has 10 heteroatoms. The molecule has 0 spiro atoms. The highest BCUT2D eigenvalue weighted by atomic mass is 19.1. The average molecular weight is 394 g/mol. The topological polar surface area (TPSA) is 98.8 Å². The van der Waals surface area contributed by atoms with Gasteiger partial charge in [0.1, 0.15) is 29.4 Å². The first-order valence-corrected chi connectivity index (χ1v) is 8.93. The second kappa shape index (κ2) is 8.11. The lowest BCUT2D eigenvalue weighted by atomic mass is 10.1. The number of aromatic carboxylic acids is 1. The maximum Gasteiger partial charge on any atom is 0.350 e. The molecule has 0 fully saturated rings. The fourth-order valence-corrected chi connectivity index (χ4v) is 2.93. The summed E-state index contributed by atoms with van der Waals surface area (Å²) in [6, 6.07) is 2.07. The van der Waals surface area contributed by atoms with Gasteiger partial charge in [-0.05, 0) is 33.5 Å². The highest BCUT2D eigenvalue weighted by molar-refractivity contribution is 5.91. The zero-order valence-electron chi connectivity index (χ0n) is 16.0. The molecule has 0 saturated heterocycles. The standard InChI is InChI=1S/C18H23FN4O5/c1-11(4-5-21(2)3)28-15-9-14(13(19)8-12(15)17(24)25)23-18(26)22-6-7-27-10-16(22)20-23/h8-9,11H,4-7,10H2,1-3H3,(H,24,25). The van der Waals surface area contributed by atoms with E-state index in [4.69, 9.17) is 9.47 Å². The van der Waals surface area contributed by atoms with Crippen molar-refractivity contribution in [1.29, 1.82) is 0 Å². The Balaban J connectivity index is 2.00. The van der Waals surface area contributed by atoms with E-state index in [1.807, 2.05) is 19.0 Å². The zero-order valence-corrected chi connectivity index (χ0v) is 16.0. The summed E-state index contributed by atoms with van der Waals surface area (Å²) >= 11 is 0. The van der Waals surface area contributed by atoms with Crippen LogP contribution in [0.15, 0.2) is 16.9 Å². The van der Waals surface area contributed by atoms with Crippen molar-refractivity contribution in [3.05, 3.63) is 39.8 Å². The Kier molecular flexibility index (Phi) is 5.80. The molecule has 1 N–H and O–H groups in total. The van der Waals surface area contributed by atoms with E-state index in [2.05, 4.69) is 5.10 Å². The van der Waals surface area contributed by atoms with E-state index in [0.717, 1.165) is 17.3 Å². The lowest BCUT2D eigenvalue weighted by Crippen LogP contribution is -2.29. The van der Waals surface area contributed by atoms with E-state index in [1.54, 1.807) is 6.92 Å². The monoisotopic (exact) mass is 394 g/mol. The second-order valence-electron chi connectivity index (χ2n) is 6.94. The van der Waals surface area contributed by atoms with Crippen LogP contribution in [0.25, 0.3) is 5.69 Å². The first kappa shape index (κ1) is 20.0. The third-order valence-corrected chi connectivity index (χ3v) is 4.45. The summed E-state index contributed by atoms with van der Waals surface area (Å²) in [4.78, 5) is 26.1. The van der Waals surface area contributed by atoms with Gasteiger partial charge in [-0.1, -0.05) is 0 Å². The molecule has 1 unspecified atom stereocenters. The summed E-state index contributed by atoms with van der Waals surface area (Å²) in [6.07, 6.45) is 0.341. The molecule has 1 aliphatic heterocycles. The first-order chi connectivity index (χ1) is 13.3. The number of hydrogen-bond donors (Lipinski definition) is 1. The molecule has 152 valence electrons. The van der Waals surface area contributed by atoms with E-state index in [0.29, 0.717) is 25.4 Å². The molecular weight excluding hydrogens is 371 g/mol. The molecule has 1 aromatic carbocycles. The van der Waals surface area contributed by atoms with Gasteiger partial charge in [0.05, 0.1) is 19.3 Å². The Morgan fingerprint density at radius 3 is 2.86 bits per heavy atom. The molecular formula is C18H23FN4O5. The quantitative estimate of drug-likeness (QED) is 0.751. The van der Waals surface area contributed by atoms with Gasteiger partial charge >= 0.3 is 11.7 Å². The Bertz CT molecular complexity index is 937. The maximum atomic E-state index is 14.6. The van der Waals surface area contributed by atoms with Crippen molar-refractivity contribution in [3.8, 4) is 11.4 Å². The number of fused-ring (bicyclic) bond motifs is 1. The highest BCUT2D eigenvalue weighted by Crippen LogP contribution is 2.27. The van der Waals surface area contributed by atoms with Gasteiger partial charge in [0.25, 0.3) is 0 Å². The molecule has 2 aromatic rings. The smallest absolute Gasteiger partial charge is 0.350 e.